The maximum atomic E-state index is 12.2. The van der Waals surface area contributed by atoms with Crippen LogP contribution in [0.4, 0.5) is 4.79 Å². The van der Waals surface area contributed by atoms with Gasteiger partial charge >= 0.3 is 18.0 Å². The van der Waals surface area contributed by atoms with Gasteiger partial charge in [0.2, 0.25) is 0 Å². The highest BCUT2D eigenvalue weighted by Gasteiger charge is 2.22. The highest BCUT2D eigenvalue weighted by atomic mass is 16.6. The molecular weight excluding hydrogens is 438 g/mol. The number of hydrogen-bond acceptors (Lipinski definition) is 8. The van der Waals surface area contributed by atoms with Crippen molar-refractivity contribution in [3.63, 3.8) is 0 Å². The van der Waals surface area contributed by atoms with Gasteiger partial charge in [-0.3, -0.25) is 9.59 Å². The summed E-state index contributed by atoms with van der Waals surface area (Å²) < 4.78 is 15.5. The average molecular weight is 486 g/mol. The Hall–Kier alpha value is -1.87. The number of alkyl carbamates (subject to hydrolysis) is 1. The first kappa shape index (κ1) is 30.2. The van der Waals surface area contributed by atoms with E-state index in [0.29, 0.717) is 58.0 Å². The van der Waals surface area contributed by atoms with Crippen molar-refractivity contribution in [2.24, 2.45) is 0 Å². The highest BCUT2D eigenvalue weighted by molar-refractivity contribution is 5.70. The molecule has 1 fully saturated rings. The minimum Gasteiger partial charge on any atom is -0.469 e. The maximum absolute atomic E-state index is 12.2. The van der Waals surface area contributed by atoms with E-state index in [1.165, 1.54) is 20.0 Å². The van der Waals surface area contributed by atoms with Gasteiger partial charge in [0.05, 0.1) is 26.6 Å². The van der Waals surface area contributed by atoms with E-state index in [4.69, 9.17) is 14.2 Å². The van der Waals surface area contributed by atoms with Crippen molar-refractivity contribution in [2.45, 2.75) is 90.2 Å². The molecule has 0 saturated carbocycles. The number of rotatable bonds is 18. The summed E-state index contributed by atoms with van der Waals surface area (Å²) in [4.78, 5) is 40.1. The molecule has 9 nitrogen and oxygen atoms in total. The van der Waals surface area contributed by atoms with Crippen molar-refractivity contribution in [2.75, 3.05) is 53.5 Å². The van der Waals surface area contributed by atoms with Crippen molar-refractivity contribution >= 4 is 18.0 Å². The second-order valence-electron chi connectivity index (χ2n) is 9.06. The minimum absolute atomic E-state index is 0.0304. The number of methoxy groups -OCH3 is 1. The molecule has 9 heteroatoms. The topological polar surface area (TPSA) is 97.4 Å². The number of esters is 2. The van der Waals surface area contributed by atoms with Crippen LogP contribution in [-0.2, 0) is 23.8 Å². The van der Waals surface area contributed by atoms with E-state index in [2.05, 4.69) is 29.1 Å². The SMILES string of the molecule is CCCC(CC)OC(=O)NCCCCOC(=O)CCN(CCC(=O)OC)CCC1CCCN1C. The number of hydrogen-bond donors (Lipinski definition) is 1. The molecule has 0 aromatic carbocycles. The monoisotopic (exact) mass is 485 g/mol. The first-order valence-corrected chi connectivity index (χ1v) is 13.0. The average Bonchev–Trinajstić information content (AvgIpc) is 3.24. The van der Waals surface area contributed by atoms with E-state index < -0.39 is 0 Å². The predicted molar refractivity (Wildman–Crippen MR) is 132 cm³/mol. The normalized spacial score (nSPS) is 16.9. The largest absolute Gasteiger partial charge is 0.469 e. The molecule has 0 aromatic heterocycles. The van der Waals surface area contributed by atoms with Crippen LogP contribution in [0.15, 0.2) is 0 Å². The molecule has 1 aliphatic heterocycles. The smallest absolute Gasteiger partial charge is 0.407 e. The van der Waals surface area contributed by atoms with E-state index in [0.717, 1.165) is 38.8 Å². The number of nitrogens with zero attached hydrogens (tertiary/aromatic N) is 2. The second-order valence-corrected chi connectivity index (χ2v) is 9.06. The number of carbonyl (C=O) groups is 3. The fourth-order valence-corrected chi connectivity index (χ4v) is 4.15. The number of amides is 1. The quantitative estimate of drug-likeness (QED) is 0.179. The van der Waals surface area contributed by atoms with Gasteiger partial charge in [-0.05, 0) is 65.1 Å². The van der Waals surface area contributed by atoms with Crippen LogP contribution in [0.5, 0.6) is 0 Å². The van der Waals surface area contributed by atoms with Crippen LogP contribution in [0, 0.1) is 0 Å². The van der Waals surface area contributed by atoms with Gasteiger partial charge in [-0.1, -0.05) is 20.3 Å². The fourth-order valence-electron chi connectivity index (χ4n) is 4.15. The Bertz CT molecular complexity index is 589. The van der Waals surface area contributed by atoms with Gasteiger partial charge in [0, 0.05) is 25.7 Å². The molecule has 0 aromatic rings. The molecule has 2 atom stereocenters. The zero-order valence-electron chi connectivity index (χ0n) is 21.8. The lowest BCUT2D eigenvalue weighted by Gasteiger charge is -2.25. The Kier molecular flexibility index (Phi) is 16.4. The predicted octanol–water partition coefficient (Wildman–Crippen LogP) is 3.35. The summed E-state index contributed by atoms with van der Waals surface area (Å²) in [6.45, 7) is 8.03. The lowest BCUT2D eigenvalue weighted by molar-refractivity contribution is -0.144. The lowest BCUT2D eigenvalue weighted by atomic mass is 10.1. The van der Waals surface area contributed by atoms with E-state index >= 15 is 0 Å². The molecule has 1 heterocycles. The summed E-state index contributed by atoms with van der Waals surface area (Å²) >= 11 is 0. The van der Waals surface area contributed by atoms with Gasteiger partial charge in [-0.2, -0.15) is 0 Å². The molecule has 0 bridgehead atoms. The Balaban J connectivity index is 2.21. The van der Waals surface area contributed by atoms with Crippen LogP contribution in [0.1, 0.15) is 78.1 Å². The van der Waals surface area contributed by atoms with Gasteiger partial charge in [0.25, 0.3) is 0 Å². The first-order chi connectivity index (χ1) is 16.4. The van der Waals surface area contributed by atoms with Crippen LogP contribution in [0.2, 0.25) is 0 Å². The third-order valence-corrected chi connectivity index (χ3v) is 6.39. The van der Waals surface area contributed by atoms with Gasteiger partial charge in [0.1, 0.15) is 6.10 Å². The highest BCUT2D eigenvalue weighted by Crippen LogP contribution is 2.18. The molecule has 198 valence electrons. The third-order valence-electron chi connectivity index (χ3n) is 6.39. The molecule has 34 heavy (non-hydrogen) atoms. The van der Waals surface area contributed by atoms with E-state index in [1.807, 2.05) is 6.92 Å². The van der Waals surface area contributed by atoms with Crippen LogP contribution in [0.25, 0.3) is 0 Å². The van der Waals surface area contributed by atoms with Crippen LogP contribution >= 0.6 is 0 Å². The zero-order chi connectivity index (χ0) is 25.2. The molecule has 0 aliphatic carbocycles. The Morgan fingerprint density at radius 3 is 2.44 bits per heavy atom. The summed E-state index contributed by atoms with van der Waals surface area (Å²) in [5.74, 6) is -0.475. The lowest BCUT2D eigenvalue weighted by Crippen LogP contribution is -2.34. The zero-order valence-corrected chi connectivity index (χ0v) is 21.8. The van der Waals surface area contributed by atoms with Gasteiger partial charge in [0.15, 0.2) is 0 Å². The first-order valence-electron chi connectivity index (χ1n) is 13.0. The van der Waals surface area contributed by atoms with E-state index in [9.17, 15) is 14.4 Å². The molecule has 2 unspecified atom stereocenters. The van der Waals surface area contributed by atoms with Crippen molar-refractivity contribution in [1.29, 1.82) is 0 Å². The summed E-state index contributed by atoms with van der Waals surface area (Å²) in [7, 11) is 3.55. The summed E-state index contributed by atoms with van der Waals surface area (Å²) in [5.41, 5.74) is 0. The second kappa shape index (κ2) is 18.5. The molecular formula is C25H47N3O6. The summed E-state index contributed by atoms with van der Waals surface area (Å²) in [6, 6.07) is 0.568. The van der Waals surface area contributed by atoms with Crippen LogP contribution in [-0.4, -0.2) is 93.5 Å². The molecule has 1 amide bonds. The van der Waals surface area contributed by atoms with Crippen LogP contribution < -0.4 is 5.32 Å². The van der Waals surface area contributed by atoms with Gasteiger partial charge in [-0.15, -0.1) is 0 Å². The minimum atomic E-state index is -0.381. The number of unbranched alkanes of at least 4 members (excludes halogenated alkanes) is 1. The van der Waals surface area contributed by atoms with Crippen molar-refractivity contribution < 1.29 is 28.6 Å². The standard InChI is InChI=1S/C25H47N3O6/c1-5-10-22(6-2)34-25(31)26-15-7-8-20-33-24(30)14-19-28(18-13-23(29)32-4)17-12-21-11-9-16-27(21)3/h21-22H,5-20H2,1-4H3,(H,26,31). The molecule has 0 radical (unpaired) electrons. The molecule has 1 N–H and O–H groups in total. The van der Waals surface area contributed by atoms with E-state index in [-0.39, 0.29) is 24.1 Å². The van der Waals surface area contributed by atoms with Crippen LogP contribution in [0.3, 0.4) is 0 Å². The van der Waals surface area contributed by atoms with Crippen molar-refractivity contribution in [3.05, 3.63) is 0 Å². The fraction of sp³-hybridized carbons (Fsp3) is 0.880. The van der Waals surface area contributed by atoms with Crippen molar-refractivity contribution in [3.8, 4) is 0 Å². The summed E-state index contributed by atoms with van der Waals surface area (Å²) in [6.07, 6.45) is 7.72. The van der Waals surface area contributed by atoms with Crippen molar-refractivity contribution in [1.82, 2.24) is 15.1 Å². The Morgan fingerprint density at radius 1 is 1.09 bits per heavy atom. The molecule has 1 rings (SSSR count). The van der Waals surface area contributed by atoms with Gasteiger partial charge < -0.3 is 29.3 Å². The molecule has 0 spiro atoms. The number of likely N-dealkylation sites (tertiary alicyclic amines) is 1. The number of ether oxygens (including phenoxy) is 3. The third kappa shape index (κ3) is 13.7. The Labute approximate surface area is 205 Å². The Morgan fingerprint density at radius 2 is 1.82 bits per heavy atom. The molecule has 1 aliphatic rings. The maximum Gasteiger partial charge on any atom is 0.407 e. The summed E-state index contributed by atoms with van der Waals surface area (Å²) in [5, 5.41) is 2.75. The number of carbonyl (C=O) groups excluding carboxylic acids is 3. The number of nitrogens with one attached hydrogen (secondary N) is 1. The van der Waals surface area contributed by atoms with E-state index in [1.54, 1.807) is 0 Å². The van der Waals surface area contributed by atoms with Gasteiger partial charge in [-0.25, -0.2) is 4.79 Å². The molecule has 1 saturated heterocycles.